The summed E-state index contributed by atoms with van der Waals surface area (Å²) in [5.41, 5.74) is 0.978. The smallest absolute Gasteiger partial charge is 0.260 e. The topological polar surface area (TPSA) is 38.8 Å². The fourth-order valence-electron chi connectivity index (χ4n) is 2.58. The monoisotopic (exact) mass is 411 g/mol. The Labute approximate surface area is 152 Å². The van der Waals surface area contributed by atoms with Gasteiger partial charge in [0, 0.05) is 17.1 Å². The van der Waals surface area contributed by atoms with Gasteiger partial charge in [-0.05, 0) is 29.8 Å². The van der Waals surface area contributed by atoms with E-state index in [-0.39, 0.29) is 24.4 Å². The molecule has 7 heteroatoms. The summed E-state index contributed by atoms with van der Waals surface area (Å²) in [7, 11) is 0. The van der Waals surface area contributed by atoms with Gasteiger partial charge in [-0.2, -0.15) is 0 Å². The van der Waals surface area contributed by atoms with Crippen molar-refractivity contribution in [1.29, 1.82) is 0 Å². The third-order valence-corrected chi connectivity index (χ3v) is 4.43. The lowest BCUT2D eigenvalue weighted by Gasteiger charge is -2.33. The van der Waals surface area contributed by atoms with E-state index in [1.807, 2.05) is 24.3 Å². The van der Waals surface area contributed by atoms with Gasteiger partial charge in [0.25, 0.3) is 5.91 Å². The van der Waals surface area contributed by atoms with Crippen LogP contribution in [0, 0.1) is 11.6 Å². The summed E-state index contributed by atoms with van der Waals surface area (Å²) in [5.74, 6) is -1.94. The lowest BCUT2D eigenvalue weighted by atomic mass is 10.1. The number of rotatable bonds is 4. The SMILES string of the molecule is O=C(COc1ccc(F)cc1F)N1CCOC(c2ccc(Br)cc2)C1. The molecule has 1 saturated heterocycles. The van der Waals surface area contributed by atoms with Crippen molar-refractivity contribution in [3.8, 4) is 5.75 Å². The minimum Gasteiger partial charge on any atom is -0.481 e. The molecule has 0 radical (unpaired) electrons. The van der Waals surface area contributed by atoms with Crippen molar-refractivity contribution in [3.63, 3.8) is 0 Å². The molecule has 1 atom stereocenters. The van der Waals surface area contributed by atoms with E-state index in [9.17, 15) is 13.6 Å². The Morgan fingerprint density at radius 1 is 1.24 bits per heavy atom. The van der Waals surface area contributed by atoms with Gasteiger partial charge in [0.05, 0.1) is 13.2 Å². The van der Waals surface area contributed by atoms with E-state index in [0.29, 0.717) is 19.7 Å². The number of amides is 1. The summed E-state index contributed by atoms with van der Waals surface area (Å²) in [6.45, 7) is 0.948. The number of carbonyl (C=O) groups is 1. The van der Waals surface area contributed by atoms with Crippen molar-refractivity contribution in [2.45, 2.75) is 6.10 Å². The molecule has 1 unspecified atom stereocenters. The van der Waals surface area contributed by atoms with Gasteiger partial charge in [0.2, 0.25) is 0 Å². The largest absolute Gasteiger partial charge is 0.481 e. The Bertz CT molecular complexity index is 754. The number of ether oxygens (including phenoxy) is 2. The zero-order valence-electron chi connectivity index (χ0n) is 13.3. The molecule has 2 aromatic rings. The molecule has 0 aliphatic carbocycles. The fraction of sp³-hybridized carbons (Fsp3) is 0.278. The van der Waals surface area contributed by atoms with E-state index in [4.69, 9.17) is 9.47 Å². The van der Waals surface area contributed by atoms with Gasteiger partial charge in [0.1, 0.15) is 11.9 Å². The molecule has 0 aromatic heterocycles. The molecule has 1 heterocycles. The highest BCUT2D eigenvalue weighted by molar-refractivity contribution is 9.10. The highest BCUT2D eigenvalue weighted by Gasteiger charge is 2.25. The van der Waals surface area contributed by atoms with Gasteiger partial charge in [-0.3, -0.25) is 4.79 Å². The van der Waals surface area contributed by atoms with Crippen LogP contribution in [0.4, 0.5) is 8.78 Å². The second-order valence-corrected chi connectivity index (χ2v) is 6.53. The summed E-state index contributed by atoms with van der Waals surface area (Å²) in [5, 5.41) is 0. The van der Waals surface area contributed by atoms with Gasteiger partial charge in [-0.1, -0.05) is 28.1 Å². The molecule has 4 nitrogen and oxygen atoms in total. The summed E-state index contributed by atoms with van der Waals surface area (Å²) < 4.78 is 38.3. The maximum absolute atomic E-state index is 13.5. The minimum absolute atomic E-state index is 0.146. The first-order chi connectivity index (χ1) is 12.0. The van der Waals surface area contributed by atoms with Gasteiger partial charge in [-0.25, -0.2) is 8.78 Å². The quantitative estimate of drug-likeness (QED) is 0.769. The zero-order valence-corrected chi connectivity index (χ0v) is 14.8. The first kappa shape index (κ1) is 17.8. The summed E-state index contributed by atoms with van der Waals surface area (Å²) in [6.07, 6.45) is -0.214. The lowest BCUT2D eigenvalue weighted by molar-refractivity contribution is -0.141. The fourth-order valence-corrected chi connectivity index (χ4v) is 2.84. The molecule has 1 aliphatic rings. The van der Waals surface area contributed by atoms with Crippen molar-refractivity contribution in [2.75, 3.05) is 26.3 Å². The third-order valence-electron chi connectivity index (χ3n) is 3.91. The second kappa shape index (κ2) is 7.93. The average Bonchev–Trinajstić information content (AvgIpc) is 2.61. The molecule has 1 aliphatic heterocycles. The van der Waals surface area contributed by atoms with Gasteiger partial charge in [0.15, 0.2) is 18.2 Å². The number of carbonyl (C=O) groups excluding carboxylic acids is 1. The molecule has 0 spiro atoms. The Hall–Kier alpha value is -1.99. The van der Waals surface area contributed by atoms with E-state index >= 15 is 0 Å². The summed E-state index contributed by atoms with van der Waals surface area (Å²) in [6, 6.07) is 10.7. The van der Waals surface area contributed by atoms with Gasteiger partial charge < -0.3 is 14.4 Å². The van der Waals surface area contributed by atoms with Crippen LogP contribution in [0.15, 0.2) is 46.9 Å². The number of nitrogens with zero attached hydrogens (tertiary/aromatic N) is 1. The number of morpholine rings is 1. The summed E-state index contributed by atoms with van der Waals surface area (Å²) in [4.78, 5) is 13.9. The Morgan fingerprint density at radius 2 is 2.00 bits per heavy atom. The first-order valence-corrected chi connectivity index (χ1v) is 8.55. The van der Waals surface area contributed by atoms with Crippen molar-refractivity contribution in [1.82, 2.24) is 4.90 Å². The minimum atomic E-state index is -0.831. The molecule has 25 heavy (non-hydrogen) atoms. The van der Waals surface area contributed by atoms with Crippen LogP contribution < -0.4 is 4.74 Å². The van der Waals surface area contributed by atoms with E-state index in [0.717, 1.165) is 22.2 Å². The standard InChI is InChI=1S/C18H16BrF2NO3/c19-13-3-1-12(2-4-13)17-10-22(7-8-24-17)18(23)11-25-16-6-5-14(20)9-15(16)21/h1-6,9,17H,7-8,10-11H2. The molecule has 0 N–H and O–H groups in total. The maximum Gasteiger partial charge on any atom is 0.260 e. The number of hydrogen-bond donors (Lipinski definition) is 0. The van der Waals surface area contributed by atoms with E-state index in [1.165, 1.54) is 6.07 Å². The van der Waals surface area contributed by atoms with E-state index in [2.05, 4.69) is 15.9 Å². The van der Waals surface area contributed by atoms with Crippen molar-refractivity contribution >= 4 is 21.8 Å². The van der Waals surface area contributed by atoms with Crippen LogP contribution in [-0.2, 0) is 9.53 Å². The van der Waals surface area contributed by atoms with Crippen molar-refractivity contribution < 1.29 is 23.0 Å². The highest BCUT2D eigenvalue weighted by Crippen LogP contribution is 2.24. The normalized spacial score (nSPS) is 17.4. The van der Waals surface area contributed by atoms with Crippen LogP contribution in [0.25, 0.3) is 0 Å². The molecule has 0 saturated carbocycles. The Balaban J connectivity index is 1.59. The lowest BCUT2D eigenvalue weighted by Crippen LogP contribution is -2.44. The Morgan fingerprint density at radius 3 is 2.72 bits per heavy atom. The maximum atomic E-state index is 13.5. The molecule has 1 fully saturated rings. The average molecular weight is 412 g/mol. The van der Waals surface area contributed by atoms with Gasteiger partial charge in [-0.15, -0.1) is 0 Å². The second-order valence-electron chi connectivity index (χ2n) is 5.61. The number of benzene rings is 2. The van der Waals surface area contributed by atoms with Crippen LogP contribution >= 0.6 is 15.9 Å². The van der Waals surface area contributed by atoms with Crippen molar-refractivity contribution in [3.05, 3.63) is 64.1 Å². The van der Waals surface area contributed by atoms with Gasteiger partial charge >= 0.3 is 0 Å². The molecule has 3 rings (SSSR count). The predicted molar refractivity (Wildman–Crippen MR) is 91.3 cm³/mol. The Kier molecular flexibility index (Phi) is 5.65. The molecule has 132 valence electrons. The molecule has 1 amide bonds. The first-order valence-electron chi connectivity index (χ1n) is 7.75. The molecule has 0 bridgehead atoms. The van der Waals surface area contributed by atoms with E-state index in [1.54, 1.807) is 4.90 Å². The van der Waals surface area contributed by atoms with Crippen LogP contribution in [-0.4, -0.2) is 37.1 Å². The predicted octanol–water partition coefficient (Wildman–Crippen LogP) is 3.71. The molecular weight excluding hydrogens is 396 g/mol. The van der Waals surface area contributed by atoms with Crippen LogP contribution in [0.2, 0.25) is 0 Å². The molecular formula is C18H16BrF2NO3. The third kappa shape index (κ3) is 4.55. The highest BCUT2D eigenvalue weighted by atomic mass is 79.9. The van der Waals surface area contributed by atoms with Crippen LogP contribution in [0.5, 0.6) is 5.75 Å². The van der Waals surface area contributed by atoms with E-state index < -0.39 is 11.6 Å². The number of hydrogen-bond acceptors (Lipinski definition) is 3. The zero-order chi connectivity index (χ0) is 17.8. The van der Waals surface area contributed by atoms with Crippen LogP contribution in [0.3, 0.4) is 0 Å². The van der Waals surface area contributed by atoms with Crippen LogP contribution in [0.1, 0.15) is 11.7 Å². The van der Waals surface area contributed by atoms with Crippen molar-refractivity contribution in [2.24, 2.45) is 0 Å². The summed E-state index contributed by atoms with van der Waals surface area (Å²) >= 11 is 3.38. The number of halogens is 3. The molecule has 2 aromatic carbocycles.